The summed E-state index contributed by atoms with van der Waals surface area (Å²) in [4.78, 5) is 46.1. The molecule has 6 rings (SSSR count). The minimum atomic E-state index is -0.810. The van der Waals surface area contributed by atoms with Crippen LogP contribution in [0, 0.1) is 0 Å². The van der Waals surface area contributed by atoms with Crippen molar-refractivity contribution >= 4 is 55.9 Å². The normalized spacial score (nSPS) is 16.2. The highest BCUT2D eigenvalue weighted by Crippen LogP contribution is 2.51. The number of nitrogens with zero attached hydrogens (tertiary/aromatic N) is 3. The second-order valence-electron chi connectivity index (χ2n) is 9.31. The van der Waals surface area contributed by atoms with Crippen molar-refractivity contribution in [2.24, 2.45) is 0 Å². The molecule has 0 aliphatic carbocycles. The monoisotopic (exact) mass is 558 g/mol. The summed E-state index contributed by atoms with van der Waals surface area (Å²) >= 11 is 3.71. The van der Waals surface area contributed by atoms with Gasteiger partial charge in [0.1, 0.15) is 12.4 Å². The fraction of sp³-hybridized carbons (Fsp3) is 0.222. The van der Waals surface area contributed by atoms with E-state index in [9.17, 15) is 14.4 Å². The molecule has 37 heavy (non-hydrogen) atoms. The molecule has 186 valence electrons. The van der Waals surface area contributed by atoms with Gasteiger partial charge in [0, 0.05) is 38.4 Å². The Morgan fingerprint density at radius 1 is 1.11 bits per heavy atom. The maximum atomic E-state index is 13.9. The predicted molar refractivity (Wildman–Crippen MR) is 143 cm³/mol. The predicted octanol–water partition coefficient (Wildman–Crippen LogP) is 3.56. The zero-order chi connectivity index (χ0) is 25.6. The highest BCUT2D eigenvalue weighted by molar-refractivity contribution is 9.10. The number of H-pyrrole nitrogens is 1. The Bertz CT molecular complexity index is 1540. The lowest BCUT2D eigenvalue weighted by Gasteiger charge is -2.33. The number of benzene rings is 2. The van der Waals surface area contributed by atoms with E-state index in [1.54, 1.807) is 54.9 Å². The number of fused-ring (bicyclic) bond motifs is 3. The lowest BCUT2D eigenvalue weighted by molar-refractivity contribution is -0.125. The molecule has 0 bridgehead atoms. The van der Waals surface area contributed by atoms with Crippen LogP contribution in [0.4, 0.5) is 11.5 Å². The second kappa shape index (κ2) is 9.20. The standard InChI is InChI=1S/C27H23BrN6O3/c28-24-18(25(36)16-4-6-19-17(13-16)14-31-33-19)5-7-20-23(24)27(8-11-29-12-9-27)26(37)34(20)15-22(35)32-21-3-1-2-10-30-21/h1-7,10,13-14,29H,8-9,11-12,15H2,(H,31,33)(H,30,32,35). The molecule has 9 nitrogen and oxygen atoms in total. The number of aromatic nitrogens is 3. The number of anilines is 2. The van der Waals surface area contributed by atoms with Crippen molar-refractivity contribution in [3.8, 4) is 0 Å². The summed E-state index contributed by atoms with van der Waals surface area (Å²) in [6.07, 6.45) is 4.43. The Balaban J connectivity index is 1.39. The van der Waals surface area contributed by atoms with Gasteiger partial charge in [0.15, 0.2) is 5.78 Å². The maximum Gasteiger partial charge on any atom is 0.245 e. The van der Waals surface area contributed by atoms with Crippen molar-refractivity contribution in [2.75, 3.05) is 29.9 Å². The van der Waals surface area contributed by atoms with Crippen LogP contribution in [-0.4, -0.2) is 52.4 Å². The van der Waals surface area contributed by atoms with Gasteiger partial charge in [0.2, 0.25) is 11.8 Å². The summed E-state index contributed by atoms with van der Waals surface area (Å²) in [6, 6.07) is 14.2. The summed E-state index contributed by atoms with van der Waals surface area (Å²) in [5.74, 6) is -0.188. The number of aromatic amines is 1. The van der Waals surface area contributed by atoms with Crippen molar-refractivity contribution in [1.29, 1.82) is 0 Å². The maximum absolute atomic E-state index is 13.9. The summed E-state index contributed by atoms with van der Waals surface area (Å²) in [5.41, 5.74) is 2.48. The zero-order valence-corrected chi connectivity index (χ0v) is 21.3. The van der Waals surface area contributed by atoms with Gasteiger partial charge in [0.05, 0.1) is 17.1 Å². The highest BCUT2D eigenvalue weighted by Gasteiger charge is 2.53. The lowest BCUT2D eigenvalue weighted by Crippen LogP contribution is -2.48. The molecule has 4 aromatic rings. The van der Waals surface area contributed by atoms with Crippen LogP contribution in [0.5, 0.6) is 0 Å². The number of rotatable bonds is 5. The summed E-state index contributed by atoms with van der Waals surface area (Å²) in [6.45, 7) is 1.19. The van der Waals surface area contributed by atoms with Crippen LogP contribution >= 0.6 is 15.9 Å². The molecule has 2 amide bonds. The topological polar surface area (TPSA) is 120 Å². The minimum absolute atomic E-state index is 0.120. The van der Waals surface area contributed by atoms with Crippen molar-refractivity contribution in [1.82, 2.24) is 20.5 Å². The molecular formula is C27H23BrN6O3. The fourth-order valence-electron chi connectivity index (χ4n) is 5.37. The fourth-order valence-corrected chi connectivity index (χ4v) is 6.27. The van der Waals surface area contributed by atoms with Gasteiger partial charge in [-0.15, -0.1) is 0 Å². The van der Waals surface area contributed by atoms with Crippen molar-refractivity contribution < 1.29 is 14.4 Å². The van der Waals surface area contributed by atoms with Crippen molar-refractivity contribution in [2.45, 2.75) is 18.3 Å². The number of hydrogen-bond acceptors (Lipinski definition) is 6. The van der Waals surface area contributed by atoms with E-state index >= 15 is 0 Å². The number of carbonyl (C=O) groups is 3. The molecule has 2 aromatic carbocycles. The molecule has 1 saturated heterocycles. The van der Waals surface area contributed by atoms with Crippen LogP contribution in [-0.2, 0) is 15.0 Å². The van der Waals surface area contributed by atoms with E-state index in [0.29, 0.717) is 53.0 Å². The van der Waals surface area contributed by atoms with E-state index in [4.69, 9.17) is 0 Å². The number of nitrogens with one attached hydrogen (secondary N) is 3. The van der Waals surface area contributed by atoms with E-state index in [2.05, 4.69) is 41.7 Å². The van der Waals surface area contributed by atoms with Crippen LogP contribution < -0.4 is 15.5 Å². The van der Waals surface area contributed by atoms with Gasteiger partial charge in [-0.3, -0.25) is 19.5 Å². The largest absolute Gasteiger partial charge is 0.317 e. The van der Waals surface area contributed by atoms with Gasteiger partial charge in [0.25, 0.3) is 0 Å². The first kappa shape index (κ1) is 23.5. The Morgan fingerprint density at radius 2 is 1.95 bits per heavy atom. The third-order valence-corrected chi connectivity index (χ3v) is 8.01. The first-order valence-corrected chi connectivity index (χ1v) is 12.8. The number of amides is 2. The zero-order valence-electron chi connectivity index (χ0n) is 19.8. The van der Waals surface area contributed by atoms with Crippen LogP contribution in [0.1, 0.15) is 34.3 Å². The van der Waals surface area contributed by atoms with Crippen molar-refractivity contribution in [3.63, 3.8) is 0 Å². The average molecular weight is 559 g/mol. The van der Waals surface area contributed by atoms with Gasteiger partial charge in [-0.2, -0.15) is 5.10 Å². The Labute approximate surface area is 220 Å². The molecule has 1 spiro atoms. The lowest BCUT2D eigenvalue weighted by atomic mass is 9.73. The van der Waals surface area contributed by atoms with Crippen molar-refractivity contribution in [3.05, 3.63) is 82.1 Å². The minimum Gasteiger partial charge on any atom is -0.317 e. The average Bonchev–Trinajstić information content (AvgIpc) is 3.47. The Hall–Kier alpha value is -3.89. The smallest absolute Gasteiger partial charge is 0.245 e. The molecule has 0 saturated carbocycles. The van der Waals surface area contributed by atoms with Gasteiger partial charge in [-0.05, 0) is 84.3 Å². The first-order valence-electron chi connectivity index (χ1n) is 12.0. The summed E-state index contributed by atoms with van der Waals surface area (Å²) < 4.78 is 0.602. The van der Waals surface area contributed by atoms with E-state index < -0.39 is 5.41 Å². The van der Waals surface area contributed by atoms with E-state index in [1.807, 2.05) is 6.07 Å². The molecule has 2 aliphatic rings. The molecule has 2 aromatic heterocycles. The molecule has 0 atom stereocenters. The third-order valence-electron chi connectivity index (χ3n) is 7.18. The Morgan fingerprint density at radius 3 is 2.73 bits per heavy atom. The van der Waals surface area contributed by atoms with Crippen LogP contribution in [0.25, 0.3) is 10.9 Å². The number of carbonyl (C=O) groups excluding carboxylic acids is 3. The molecule has 10 heteroatoms. The van der Waals surface area contributed by atoms with E-state index in [1.165, 1.54) is 4.90 Å². The van der Waals surface area contributed by atoms with Crippen LogP contribution in [0.15, 0.2) is 65.4 Å². The number of hydrogen-bond donors (Lipinski definition) is 3. The molecule has 2 aliphatic heterocycles. The van der Waals surface area contributed by atoms with E-state index in [-0.39, 0.29) is 24.1 Å². The van der Waals surface area contributed by atoms with Crippen LogP contribution in [0.3, 0.4) is 0 Å². The number of pyridine rings is 1. The SMILES string of the molecule is O=C(CN1C(=O)C2(CCNCC2)c2c1ccc(C(=O)c1ccc3[nH]ncc3c1)c2Br)Nc1ccccn1. The Kier molecular flexibility index (Phi) is 5.85. The molecule has 4 heterocycles. The molecular weight excluding hydrogens is 536 g/mol. The molecule has 0 unspecified atom stereocenters. The second-order valence-corrected chi connectivity index (χ2v) is 10.1. The highest BCUT2D eigenvalue weighted by atomic mass is 79.9. The summed E-state index contributed by atoms with van der Waals surface area (Å²) in [7, 11) is 0. The molecule has 1 fully saturated rings. The third kappa shape index (κ3) is 3.93. The molecule has 3 N–H and O–H groups in total. The first-order chi connectivity index (χ1) is 18.0. The molecule has 0 radical (unpaired) electrons. The van der Waals surface area contributed by atoms with Gasteiger partial charge >= 0.3 is 0 Å². The summed E-state index contributed by atoms with van der Waals surface area (Å²) in [5, 5.41) is 13.9. The van der Waals surface area contributed by atoms with Crippen LogP contribution in [0.2, 0.25) is 0 Å². The number of ketones is 1. The number of piperidine rings is 1. The van der Waals surface area contributed by atoms with Gasteiger partial charge < -0.3 is 15.5 Å². The number of halogens is 1. The van der Waals surface area contributed by atoms with Gasteiger partial charge in [-0.25, -0.2) is 4.98 Å². The quantitative estimate of drug-likeness (QED) is 0.322. The van der Waals surface area contributed by atoms with Gasteiger partial charge in [-0.1, -0.05) is 6.07 Å². The van der Waals surface area contributed by atoms with E-state index in [0.717, 1.165) is 16.5 Å².